The summed E-state index contributed by atoms with van der Waals surface area (Å²) in [6, 6.07) is 5.14. The second-order valence-electron chi connectivity index (χ2n) is 8.05. The molecular weight excluding hydrogens is 332 g/mol. The Bertz CT molecular complexity index is 588. The number of benzene rings is 1. The van der Waals surface area contributed by atoms with Crippen LogP contribution in [0.2, 0.25) is 0 Å². The predicted octanol–water partition coefficient (Wildman–Crippen LogP) is 4.29. The predicted molar refractivity (Wildman–Crippen MR) is 99.3 cm³/mol. The zero-order valence-corrected chi connectivity index (χ0v) is 16.3. The quantitative estimate of drug-likeness (QED) is 0.816. The molecule has 0 aromatic heterocycles. The molecule has 1 aliphatic heterocycles. The van der Waals surface area contributed by atoms with Gasteiger partial charge in [-0.05, 0) is 42.7 Å². The number of phenols is 1. The second kappa shape index (κ2) is 8.59. The lowest BCUT2D eigenvalue weighted by Gasteiger charge is -2.37. The first-order valence-electron chi connectivity index (χ1n) is 9.73. The maximum absolute atomic E-state index is 9.72. The van der Waals surface area contributed by atoms with Gasteiger partial charge in [-0.3, -0.25) is 0 Å². The van der Waals surface area contributed by atoms with E-state index in [1.807, 2.05) is 0 Å². The highest BCUT2D eigenvalue weighted by Crippen LogP contribution is 2.37. The first-order valence-corrected chi connectivity index (χ1v) is 9.73. The van der Waals surface area contributed by atoms with E-state index < -0.39 is 6.29 Å². The van der Waals surface area contributed by atoms with Gasteiger partial charge in [0.25, 0.3) is 0 Å². The molecule has 26 heavy (non-hydrogen) atoms. The summed E-state index contributed by atoms with van der Waals surface area (Å²) in [5.41, 5.74) is 0.841. The highest BCUT2D eigenvalue weighted by Gasteiger charge is 2.34. The molecule has 3 rings (SSSR count). The van der Waals surface area contributed by atoms with E-state index in [4.69, 9.17) is 18.9 Å². The molecule has 1 saturated heterocycles. The van der Waals surface area contributed by atoms with Crippen LogP contribution in [-0.4, -0.2) is 37.6 Å². The lowest BCUT2D eigenvalue weighted by molar-refractivity contribution is -0.0993. The van der Waals surface area contributed by atoms with Crippen LogP contribution in [0.4, 0.5) is 0 Å². The Morgan fingerprint density at radius 1 is 1.27 bits per heavy atom. The molecule has 0 radical (unpaired) electrons. The molecule has 0 amide bonds. The van der Waals surface area contributed by atoms with Gasteiger partial charge in [-0.1, -0.05) is 33.3 Å². The van der Waals surface area contributed by atoms with E-state index in [0.717, 1.165) is 17.9 Å². The van der Waals surface area contributed by atoms with Crippen molar-refractivity contribution in [2.45, 2.75) is 58.5 Å². The summed E-state index contributed by atoms with van der Waals surface area (Å²) in [5, 5.41) is 9.72. The number of ether oxygens (including phenoxy) is 4. The van der Waals surface area contributed by atoms with Gasteiger partial charge in [-0.2, -0.15) is 0 Å². The monoisotopic (exact) mass is 364 g/mol. The third-order valence-corrected chi connectivity index (χ3v) is 5.68. The van der Waals surface area contributed by atoms with Crippen molar-refractivity contribution in [1.29, 1.82) is 0 Å². The fraction of sp³-hybridized carbons (Fsp3) is 0.714. The summed E-state index contributed by atoms with van der Waals surface area (Å²) < 4.78 is 23.2. The lowest BCUT2D eigenvalue weighted by atomic mass is 9.75. The molecule has 5 heteroatoms. The van der Waals surface area contributed by atoms with Crippen LogP contribution in [-0.2, 0) is 14.2 Å². The number of hydrogen-bond donors (Lipinski definition) is 1. The minimum absolute atomic E-state index is 0.0650. The van der Waals surface area contributed by atoms with Crippen LogP contribution in [0.15, 0.2) is 18.2 Å². The number of aromatic hydroxyl groups is 1. The second-order valence-corrected chi connectivity index (χ2v) is 8.05. The third-order valence-electron chi connectivity index (χ3n) is 5.68. The van der Waals surface area contributed by atoms with Crippen molar-refractivity contribution in [2.75, 3.05) is 20.3 Å². The van der Waals surface area contributed by atoms with Crippen LogP contribution in [0.25, 0.3) is 0 Å². The SMILES string of the molecule is COc1cc(C2OCC(COC3C[C@H](C)CC[C@H]3C(C)C)O2)ccc1O. The minimum atomic E-state index is -0.440. The first-order chi connectivity index (χ1) is 12.5. The van der Waals surface area contributed by atoms with Gasteiger partial charge in [0, 0.05) is 5.56 Å². The maximum Gasteiger partial charge on any atom is 0.184 e. The Morgan fingerprint density at radius 2 is 2.08 bits per heavy atom. The minimum Gasteiger partial charge on any atom is -0.504 e. The Hall–Kier alpha value is -1.30. The van der Waals surface area contributed by atoms with Crippen LogP contribution in [0, 0.1) is 17.8 Å². The summed E-state index contributed by atoms with van der Waals surface area (Å²) in [4.78, 5) is 0. The molecule has 1 aromatic rings. The van der Waals surface area contributed by atoms with E-state index in [1.54, 1.807) is 18.2 Å². The summed E-state index contributed by atoms with van der Waals surface area (Å²) in [6.07, 6.45) is 3.50. The van der Waals surface area contributed by atoms with Crippen molar-refractivity contribution >= 4 is 0 Å². The number of phenolic OH excluding ortho intramolecular Hbond substituents is 1. The van der Waals surface area contributed by atoms with Gasteiger partial charge in [0.15, 0.2) is 17.8 Å². The van der Waals surface area contributed by atoms with E-state index in [0.29, 0.717) is 36.9 Å². The highest BCUT2D eigenvalue weighted by molar-refractivity contribution is 5.42. The van der Waals surface area contributed by atoms with Gasteiger partial charge < -0.3 is 24.1 Å². The average Bonchev–Trinajstić information content (AvgIpc) is 3.09. The van der Waals surface area contributed by atoms with Gasteiger partial charge in [-0.15, -0.1) is 0 Å². The largest absolute Gasteiger partial charge is 0.504 e. The molecule has 1 heterocycles. The Morgan fingerprint density at radius 3 is 2.81 bits per heavy atom. The topological polar surface area (TPSA) is 57.2 Å². The van der Waals surface area contributed by atoms with E-state index >= 15 is 0 Å². The van der Waals surface area contributed by atoms with Gasteiger partial charge in [0.1, 0.15) is 6.10 Å². The van der Waals surface area contributed by atoms with Crippen LogP contribution in [0.1, 0.15) is 51.9 Å². The van der Waals surface area contributed by atoms with E-state index in [2.05, 4.69) is 20.8 Å². The van der Waals surface area contributed by atoms with Crippen molar-refractivity contribution in [3.8, 4) is 11.5 Å². The van der Waals surface area contributed by atoms with Gasteiger partial charge in [-0.25, -0.2) is 0 Å². The first kappa shape index (κ1) is 19.5. The summed E-state index contributed by atoms with van der Waals surface area (Å²) in [6.45, 7) is 7.98. The molecule has 146 valence electrons. The van der Waals surface area contributed by atoms with E-state index in [1.165, 1.54) is 20.0 Å². The van der Waals surface area contributed by atoms with Crippen molar-refractivity contribution in [2.24, 2.45) is 17.8 Å². The van der Waals surface area contributed by atoms with Crippen LogP contribution in [0.5, 0.6) is 11.5 Å². The fourth-order valence-corrected chi connectivity index (χ4v) is 4.09. The van der Waals surface area contributed by atoms with Crippen LogP contribution < -0.4 is 4.74 Å². The zero-order valence-electron chi connectivity index (χ0n) is 16.3. The molecule has 3 unspecified atom stereocenters. The van der Waals surface area contributed by atoms with Crippen molar-refractivity contribution in [3.63, 3.8) is 0 Å². The molecule has 5 nitrogen and oxygen atoms in total. The summed E-state index contributed by atoms with van der Waals surface area (Å²) in [5.74, 6) is 2.54. The summed E-state index contributed by atoms with van der Waals surface area (Å²) in [7, 11) is 1.53. The maximum atomic E-state index is 9.72. The van der Waals surface area contributed by atoms with Crippen LogP contribution in [0.3, 0.4) is 0 Å². The van der Waals surface area contributed by atoms with Crippen molar-refractivity contribution < 1.29 is 24.1 Å². The van der Waals surface area contributed by atoms with Crippen molar-refractivity contribution in [3.05, 3.63) is 23.8 Å². The molecular formula is C21H32O5. The van der Waals surface area contributed by atoms with Gasteiger partial charge >= 0.3 is 0 Å². The Balaban J connectivity index is 1.54. The highest BCUT2D eigenvalue weighted by atomic mass is 16.7. The molecule has 0 spiro atoms. The van der Waals surface area contributed by atoms with E-state index in [-0.39, 0.29) is 11.9 Å². The van der Waals surface area contributed by atoms with Crippen molar-refractivity contribution in [1.82, 2.24) is 0 Å². The molecule has 1 aromatic carbocycles. The summed E-state index contributed by atoms with van der Waals surface area (Å²) >= 11 is 0. The average molecular weight is 364 g/mol. The van der Waals surface area contributed by atoms with Gasteiger partial charge in [0.2, 0.25) is 0 Å². The molecule has 2 fully saturated rings. The van der Waals surface area contributed by atoms with Crippen LogP contribution >= 0.6 is 0 Å². The molecule has 2 aliphatic rings. The lowest BCUT2D eigenvalue weighted by Crippen LogP contribution is -2.36. The number of methoxy groups -OCH3 is 1. The molecule has 1 N–H and O–H groups in total. The Kier molecular flexibility index (Phi) is 6.43. The third kappa shape index (κ3) is 4.51. The Labute approximate surface area is 156 Å². The van der Waals surface area contributed by atoms with E-state index in [9.17, 15) is 5.11 Å². The standard InChI is InChI=1S/C21H32O5/c1-13(2)17-7-5-14(3)9-19(17)24-11-16-12-25-21(26-16)15-6-8-18(22)20(10-15)23-4/h6,8,10,13-14,16-17,19,21-22H,5,7,9,11-12H2,1-4H3/t14-,16?,17+,19?,21?/m1/s1. The molecule has 1 aliphatic carbocycles. The zero-order chi connectivity index (χ0) is 18.7. The number of rotatable bonds is 6. The molecule has 5 atom stereocenters. The normalized spacial score (nSPS) is 32.1. The van der Waals surface area contributed by atoms with Gasteiger partial charge in [0.05, 0.1) is 26.4 Å². The molecule has 0 bridgehead atoms. The molecule has 1 saturated carbocycles. The smallest absolute Gasteiger partial charge is 0.184 e. The number of hydrogen-bond acceptors (Lipinski definition) is 5. The fourth-order valence-electron chi connectivity index (χ4n) is 4.09.